The number of anilines is 1. The Morgan fingerprint density at radius 3 is 2.55 bits per heavy atom. The third kappa shape index (κ3) is 2.83. The molecule has 0 radical (unpaired) electrons. The summed E-state index contributed by atoms with van der Waals surface area (Å²) in [4.78, 5) is 0. The van der Waals surface area contributed by atoms with Crippen molar-refractivity contribution in [3.8, 4) is 0 Å². The molecular weight excluding hydrogens is 270 g/mol. The Balaban J connectivity index is 2.25. The number of halogens is 1. The van der Waals surface area contributed by atoms with Crippen LogP contribution in [0, 0.1) is 20.8 Å². The number of hydrogen-bond acceptors (Lipinski definition) is 2. The highest BCUT2D eigenvalue weighted by Crippen LogP contribution is 2.27. The third-order valence-electron chi connectivity index (χ3n) is 3.73. The molecular formula is C16H22ClN3. The van der Waals surface area contributed by atoms with Gasteiger partial charge in [-0.3, -0.25) is 4.68 Å². The van der Waals surface area contributed by atoms with Crippen LogP contribution in [0.2, 0.25) is 5.02 Å². The van der Waals surface area contributed by atoms with Gasteiger partial charge in [0.25, 0.3) is 0 Å². The number of nitrogens with zero attached hydrogens (tertiary/aromatic N) is 2. The van der Waals surface area contributed by atoms with Gasteiger partial charge >= 0.3 is 0 Å². The molecule has 4 heteroatoms. The fraction of sp³-hybridized carbons (Fsp3) is 0.438. The van der Waals surface area contributed by atoms with E-state index in [4.69, 9.17) is 11.6 Å². The van der Waals surface area contributed by atoms with E-state index >= 15 is 0 Å². The minimum Gasteiger partial charge on any atom is -0.378 e. The fourth-order valence-corrected chi connectivity index (χ4v) is 2.83. The molecule has 1 unspecified atom stereocenters. The molecule has 108 valence electrons. The van der Waals surface area contributed by atoms with Gasteiger partial charge in [0.15, 0.2) is 0 Å². The van der Waals surface area contributed by atoms with Crippen molar-refractivity contribution < 1.29 is 0 Å². The average molecular weight is 292 g/mol. The molecule has 3 nitrogen and oxygen atoms in total. The van der Waals surface area contributed by atoms with Crippen LogP contribution in [0.3, 0.4) is 0 Å². The third-order valence-corrected chi connectivity index (χ3v) is 4.13. The summed E-state index contributed by atoms with van der Waals surface area (Å²) in [5.41, 5.74) is 5.71. The van der Waals surface area contributed by atoms with E-state index in [1.54, 1.807) is 0 Å². The second-order valence-electron chi connectivity index (χ2n) is 5.23. The number of benzene rings is 1. The average Bonchev–Trinajstić information content (AvgIpc) is 2.68. The summed E-state index contributed by atoms with van der Waals surface area (Å²) in [6.45, 7) is 11.4. The lowest BCUT2D eigenvalue weighted by atomic mass is 10.1. The first-order valence-corrected chi connectivity index (χ1v) is 7.38. The largest absolute Gasteiger partial charge is 0.378 e. The Hall–Kier alpha value is -1.48. The quantitative estimate of drug-likeness (QED) is 0.888. The Morgan fingerprint density at radius 1 is 1.30 bits per heavy atom. The van der Waals surface area contributed by atoms with Gasteiger partial charge in [-0.15, -0.1) is 0 Å². The summed E-state index contributed by atoms with van der Waals surface area (Å²) in [6.07, 6.45) is 0. The molecule has 0 saturated carbocycles. The van der Waals surface area contributed by atoms with Crippen molar-refractivity contribution in [1.82, 2.24) is 9.78 Å². The minimum absolute atomic E-state index is 0.203. The molecule has 1 heterocycles. The van der Waals surface area contributed by atoms with Crippen LogP contribution in [0.15, 0.2) is 18.2 Å². The minimum atomic E-state index is 0.203. The van der Waals surface area contributed by atoms with Crippen molar-refractivity contribution in [2.75, 3.05) is 5.32 Å². The monoisotopic (exact) mass is 291 g/mol. The van der Waals surface area contributed by atoms with Gasteiger partial charge in [0.1, 0.15) is 0 Å². The standard InChI is InChI=1S/C16H22ClN3/c1-6-20-13(5)16(12(4)19-20)11(3)18-14-8-7-10(2)15(17)9-14/h7-9,11,18H,6H2,1-5H3. The first-order valence-electron chi connectivity index (χ1n) is 7.00. The second kappa shape index (κ2) is 5.88. The van der Waals surface area contributed by atoms with E-state index in [2.05, 4.69) is 44.2 Å². The number of hydrogen-bond donors (Lipinski definition) is 1. The highest BCUT2D eigenvalue weighted by molar-refractivity contribution is 6.31. The maximum atomic E-state index is 6.18. The van der Waals surface area contributed by atoms with E-state index in [0.29, 0.717) is 0 Å². The number of nitrogens with one attached hydrogen (secondary N) is 1. The predicted molar refractivity (Wildman–Crippen MR) is 85.6 cm³/mol. The van der Waals surface area contributed by atoms with E-state index in [1.165, 1.54) is 11.3 Å². The van der Waals surface area contributed by atoms with E-state index in [-0.39, 0.29) is 6.04 Å². The lowest BCUT2D eigenvalue weighted by molar-refractivity contribution is 0.632. The zero-order valence-corrected chi connectivity index (χ0v) is 13.5. The highest BCUT2D eigenvalue weighted by atomic mass is 35.5. The number of aryl methyl sites for hydroxylation is 3. The van der Waals surface area contributed by atoms with Crippen LogP contribution in [0.25, 0.3) is 0 Å². The van der Waals surface area contributed by atoms with Gasteiger partial charge in [-0.05, 0) is 52.3 Å². The summed E-state index contributed by atoms with van der Waals surface area (Å²) >= 11 is 6.18. The zero-order chi connectivity index (χ0) is 14.9. The van der Waals surface area contributed by atoms with Gasteiger partial charge in [0, 0.05) is 28.5 Å². The SMILES string of the molecule is CCn1nc(C)c(C(C)Nc2ccc(C)c(Cl)c2)c1C. The van der Waals surface area contributed by atoms with Crippen LogP contribution in [-0.2, 0) is 6.54 Å². The molecule has 1 aromatic carbocycles. The molecule has 0 saturated heterocycles. The summed E-state index contributed by atoms with van der Waals surface area (Å²) in [5, 5.41) is 8.87. The van der Waals surface area contributed by atoms with Crippen LogP contribution in [0.5, 0.6) is 0 Å². The maximum absolute atomic E-state index is 6.18. The van der Waals surface area contributed by atoms with Gasteiger partial charge in [0.2, 0.25) is 0 Å². The van der Waals surface area contributed by atoms with Crippen LogP contribution in [0.4, 0.5) is 5.69 Å². The molecule has 2 rings (SSSR count). The zero-order valence-electron chi connectivity index (χ0n) is 12.8. The van der Waals surface area contributed by atoms with E-state index in [9.17, 15) is 0 Å². The molecule has 0 bridgehead atoms. The Labute approximate surface area is 126 Å². The first kappa shape index (κ1) is 14.9. The molecule has 0 aliphatic heterocycles. The van der Waals surface area contributed by atoms with Gasteiger partial charge in [0.05, 0.1) is 11.7 Å². The van der Waals surface area contributed by atoms with Crippen molar-refractivity contribution in [3.63, 3.8) is 0 Å². The molecule has 0 fully saturated rings. The highest BCUT2D eigenvalue weighted by Gasteiger charge is 2.17. The van der Waals surface area contributed by atoms with E-state index < -0.39 is 0 Å². The fourth-order valence-electron chi connectivity index (χ4n) is 2.65. The molecule has 1 atom stereocenters. The molecule has 2 aromatic rings. The van der Waals surface area contributed by atoms with Crippen molar-refractivity contribution in [2.45, 2.75) is 47.2 Å². The lowest BCUT2D eigenvalue weighted by Gasteiger charge is -2.17. The van der Waals surface area contributed by atoms with Gasteiger partial charge in [-0.25, -0.2) is 0 Å². The lowest BCUT2D eigenvalue weighted by Crippen LogP contribution is -2.09. The van der Waals surface area contributed by atoms with Crippen LogP contribution in [0.1, 0.15) is 42.4 Å². The molecule has 0 amide bonds. The summed E-state index contributed by atoms with van der Waals surface area (Å²) in [7, 11) is 0. The van der Waals surface area contributed by atoms with Gasteiger partial charge in [-0.1, -0.05) is 17.7 Å². The van der Waals surface area contributed by atoms with Crippen LogP contribution >= 0.6 is 11.6 Å². The number of aromatic nitrogens is 2. The Bertz CT molecular complexity index is 616. The number of rotatable bonds is 4. The van der Waals surface area contributed by atoms with Crippen molar-refractivity contribution >= 4 is 17.3 Å². The molecule has 0 spiro atoms. The van der Waals surface area contributed by atoms with E-state index in [0.717, 1.165) is 28.5 Å². The summed E-state index contributed by atoms with van der Waals surface area (Å²) < 4.78 is 2.05. The first-order chi connectivity index (χ1) is 9.43. The normalized spacial score (nSPS) is 12.5. The van der Waals surface area contributed by atoms with Crippen LogP contribution in [-0.4, -0.2) is 9.78 Å². The maximum Gasteiger partial charge on any atom is 0.0649 e. The molecule has 1 N–H and O–H groups in total. The van der Waals surface area contributed by atoms with Crippen molar-refractivity contribution in [3.05, 3.63) is 45.7 Å². The smallest absolute Gasteiger partial charge is 0.0649 e. The summed E-state index contributed by atoms with van der Waals surface area (Å²) in [5.74, 6) is 0. The topological polar surface area (TPSA) is 29.9 Å². The molecule has 20 heavy (non-hydrogen) atoms. The Morgan fingerprint density at radius 2 is 2.00 bits per heavy atom. The summed E-state index contributed by atoms with van der Waals surface area (Å²) in [6, 6.07) is 6.27. The van der Waals surface area contributed by atoms with Crippen molar-refractivity contribution in [2.24, 2.45) is 0 Å². The van der Waals surface area contributed by atoms with Gasteiger partial charge in [-0.2, -0.15) is 5.10 Å². The molecule has 0 aliphatic rings. The molecule has 1 aromatic heterocycles. The van der Waals surface area contributed by atoms with Crippen molar-refractivity contribution in [1.29, 1.82) is 0 Å². The molecule has 0 aliphatic carbocycles. The van der Waals surface area contributed by atoms with Crippen LogP contribution < -0.4 is 5.32 Å². The van der Waals surface area contributed by atoms with Gasteiger partial charge < -0.3 is 5.32 Å². The second-order valence-corrected chi connectivity index (χ2v) is 5.64. The van der Waals surface area contributed by atoms with E-state index in [1.807, 2.05) is 23.7 Å². The predicted octanol–water partition coefficient (Wildman–Crippen LogP) is 4.65. The Kier molecular flexibility index (Phi) is 4.39.